The molecule has 0 saturated heterocycles. The molecule has 2 N–H and O–H groups in total. The molecular weight excluding hydrogens is 226 g/mol. The summed E-state index contributed by atoms with van der Waals surface area (Å²) in [5.74, 6) is 0.731. The second kappa shape index (κ2) is 6.12. The van der Waals surface area contributed by atoms with Crippen LogP contribution < -0.4 is 10.5 Å². The minimum atomic E-state index is 0.217. The third kappa shape index (κ3) is 3.53. The molecule has 0 aliphatic carbocycles. The van der Waals surface area contributed by atoms with Gasteiger partial charge in [-0.2, -0.15) is 0 Å². The molecule has 1 aromatic heterocycles. The van der Waals surface area contributed by atoms with E-state index in [9.17, 15) is 0 Å². The number of aromatic nitrogens is 2. The van der Waals surface area contributed by atoms with Gasteiger partial charge in [0, 0.05) is 18.4 Å². The lowest BCUT2D eigenvalue weighted by Gasteiger charge is -2.09. The lowest BCUT2D eigenvalue weighted by Crippen LogP contribution is -2.21. The highest BCUT2D eigenvalue weighted by Crippen LogP contribution is 2.18. The smallest absolute Gasteiger partial charge is 0.321 e. The Morgan fingerprint density at radius 1 is 1.17 bits per heavy atom. The Kier molecular flexibility index (Phi) is 4.25. The number of benzene rings is 1. The lowest BCUT2D eigenvalue weighted by molar-refractivity contribution is 0.441. The number of rotatable bonds is 5. The number of hydrogen-bond acceptors (Lipinski definition) is 4. The molecule has 0 radical (unpaired) electrons. The van der Waals surface area contributed by atoms with Crippen molar-refractivity contribution in [3.8, 4) is 11.8 Å². The molecule has 4 nitrogen and oxygen atoms in total. The Bertz CT molecular complexity index is 470. The molecule has 0 aliphatic heterocycles. The molecule has 0 aliphatic rings. The molecule has 2 rings (SSSR count). The molecule has 0 amide bonds. The van der Waals surface area contributed by atoms with Crippen molar-refractivity contribution in [1.29, 1.82) is 0 Å². The van der Waals surface area contributed by atoms with E-state index in [1.165, 1.54) is 5.56 Å². The van der Waals surface area contributed by atoms with Crippen LogP contribution in [0.4, 0.5) is 0 Å². The molecule has 4 heteroatoms. The van der Waals surface area contributed by atoms with E-state index in [-0.39, 0.29) is 6.04 Å². The summed E-state index contributed by atoms with van der Waals surface area (Å²) in [6.45, 7) is 2.09. The van der Waals surface area contributed by atoms with Crippen LogP contribution in [0, 0.1) is 0 Å². The summed E-state index contributed by atoms with van der Waals surface area (Å²) >= 11 is 0. The Morgan fingerprint density at radius 2 is 1.83 bits per heavy atom. The van der Waals surface area contributed by atoms with E-state index in [4.69, 9.17) is 10.5 Å². The minimum Gasteiger partial charge on any atom is -0.424 e. The zero-order chi connectivity index (χ0) is 12.8. The highest BCUT2D eigenvalue weighted by atomic mass is 16.5. The molecule has 1 atom stereocenters. The maximum absolute atomic E-state index is 5.92. The van der Waals surface area contributed by atoms with Crippen LogP contribution in [-0.2, 0) is 6.42 Å². The van der Waals surface area contributed by atoms with Gasteiger partial charge in [0.05, 0.1) is 0 Å². The molecule has 1 aromatic carbocycles. The van der Waals surface area contributed by atoms with Gasteiger partial charge in [-0.3, -0.25) is 0 Å². The topological polar surface area (TPSA) is 61.0 Å². The van der Waals surface area contributed by atoms with Gasteiger partial charge in [-0.05, 0) is 36.6 Å². The molecule has 0 fully saturated rings. The van der Waals surface area contributed by atoms with Crippen molar-refractivity contribution in [1.82, 2.24) is 9.97 Å². The lowest BCUT2D eigenvalue weighted by atomic mass is 10.0. The fourth-order valence-corrected chi connectivity index (χ4v) is 1.58. The van der Waals surface area contributed by atoms with Crippen LogP contribution >= 0.6 is 0 Å². The van der Waals surface area contributed by atoms with Crippen molar-refractivity contribution in [3.05, 3.63) is 48.3 Å². The van der Waals surface area contributed by atoms with Crippen molar-refractivity contribution in [2.45, 2.75) is 25.8 Å². The first-order chi connectivity index (χ1) is 8.78. The van der Waals surface area contributed by atoms with Gasteiger partial charge in [-0.25, -0.2) is 9.97 Å². The maximum atomic E-state index is 5.92. The van der Waals surface area contributed by atoms with Crippen LogP contribution in [0.5, 0.6) is 11.8 Å². The van der Waals surface area contributed by atoms with Gasteiger partial charge in [-0.1, -0.05) is 19.1 Å². The van der Waals surface area contributed by atoms with Crippen LogP contribution in [0.15, 0.2) is 42.7 Å². The number of hydrogen-bond donors (Lipinski definition) is 1. The average molecular weight is 243 g/mol. The molecule has 1 heterocycles. The first-order valence-corrected chi connectivity index (χ1v) is 6.07. The molecular formula is C14H17N3O. The normalized spacial score (nSPS) is 12.1. The zero-order valence-corrected chi connectivity index (χ0v) is 10.4. The van der Waals surface area contributed by atoms with Crippen LogP contribution in [0.2, 0.25) is 0 Å². The van der Waals surface area contributed by atoms with Crippen LogP contribution in [0.25, 0.3) is 0 Å². The number of nitrogens with two attached hydrogens (primary N) is 1. The molecule has 0 saturated carbocycles. The van der Waals surface area contributed by atoms with Gasteiger partial charge in [0.1, 0.15) is 5.75 Å². The Balaban J connectivity index is 2.00. The molecule has 18 heavy (non-hydrogen) atoms. The van der Waals surface area contributed by atoms with E-state index in [0.29, 0.717) is 6.01 Å². The van der Waals surface area contributed by atoms with E-state index in [1.807, 2.05) is 24.3 Å². The van der Waals surface area contributed by atoms with E-state index in [1.54, 1.807) is 18.5 Å². The molecule has 2 aromatic rings. The number of nitrogens with zero attached hydrogens (tertiary/aromatic N) is 2. The van der Waals surface area contributed by atoms with Crippen molar-refractivity contribution in [2.24, 2.45) is 5.73 Å². The quantitative estimate of drug-likeness (QED) is 0.876. The summed E-state index contributed by atoms with van der Waals surface area (Å²) in [6, 6.07) is 10.2. The first kappa shape index (κ1) is 12.5. The Morgan fingerprint density at radius 3 is 2.44 bits per heavy atom. The molecule has 0 spiro atoms. The highest BCUT2D eigenvalue weighted by Gasteiger charge is 2.03. The molecule has 1 unspecified atom stereocenters. The van der Waals surface area contributed by atoms with Gasteiger partial charge < -0.3 is 10.5 Å². The van der Waals surface area contributed by atoms with Gasteiger partial charge in [0.25, 0.3) is 0 Å². The Hall–Kier alpha value is -1.94. The maximum Gasteiger partial charge on any atom is 0.321 e. The van der Waals surface area contributed by atoms with E-state index in [0.717, 1.165) is 18.6 Å². The summed E-state index contributed by atoms with van der Waals surface area (Å²) in [5.41, 5.74) is 7.13. The number of ether oxygens (including phenoxy) is 1. The third-order valence-corrected chi connectivity index (χ3v) is 2.70. The van der Waals surface area contributed by atoms with E-state index < -0.39 is 0 Å². The van der Waals surface area contributed by atoms with Crippen molar-refractivity contribution in [2.75, 3.05) is 0 Å². The Labute approximate surface area is 107 Å². The highest BCUT2D eigenvalue weighted by molar-refractivity contribution is 5.29. The van der Waals surface area contributed by atoms with Crippen LogP contribution in [-0.4, -0.2) is 16.0 Å². The third-order valence-electron chi connectivity index (χ3n) is 2.70. The predicted octanol–water partition coefficient (Wildman–Crippen LogP) is 2.55. The summed E-state index contributed by atoms with van der Waals surface area (Å²) < 4.78 is 5.51. The van der Waals surface area contributed by atoms with E-state index >= 15 is 0 Å². The fourth-order valence-electron chi connectivity index (χ4n) is 1.58. The van der Waals surface area contributed by atoms with Gasteiger partial charge in [-0.15, -0.1) is 0 Å². The van der Waals surface area contributed by atoms with E-state index in [2.05, 4.69) is 16.9 Å². The van der Waals surface area contributed by atoms with Gasteiger partial charge in [0.15, 0.2) is 0 Å². The SMILES string of the molecule is CCC(N)Cc1ccc(Oc2ncccn2)cc1. The molecule has 94 valence electrons. The first-order valence-electron chi connectivity index (χ1n) is 6.07. The fraction of sp³-hybridized carbons (Fsp3) is 0.286. The van der Waals surface area contributed by atoms with Gasteiger partial charge >= 0.3 is 6.01 Å². The minimum absolute atomic E-state index is 0.217. The van der Waals surface area contributed by atoms with Crippen LogP contribution in [0.1, 0.15) is 18.9 Å². The summed E-state index contributed by atoms with van der Waals surface area (Å²) in [5, 5.41) is 0. The summed E-state index contributed by atoms with van der Waals surface area (Å²) in [4.78, 5) is 8.01. The van der Waals surface area contributed by atoms with Gasteiger partial charge in [0.2, 0.25) is 0 Å². The zero-order valence-electron chi connectivity index (χ0n) is 10.4. The molecule has 0 bridgehead atoms. The standard InChI is InChI=1S/C14H17N3O/c1-2-12(15)10-11-4-6-13(7-5-11)18-14-16-8-3-9-17-14/h3-9,12H,2,10,15H2,1H3. The predicted molar refractivity (Wildman–Crippen MR) is 70.5 cm³/mol. The average Bonchev–Trinajstić information content (AvgIpc) is 2.42. The van der Waals surface area contributed by atoms with Crippen molar-refractivity contribution >= 4 is 0 Å². The van der Waals surface area contributed by atoms with Crippen molar-refractivity contribution in [3.63, 3.8) is 0 Å². The summed E-state index contributed by atoms with van der Waals surface area (Å²) in [6.07, 6.45) is 5.17. The largest absolute Gasteiger partial charge is 0.424 e. The summed E-state index contributed by atoms with van der Waals surface area (Å²) in [7, 11) is 0. The second-order valence-corrected chi connectivity index (χ2v) is 4.15. The second-order valence-electron chi connectivity index (χ2n) is 4.15. The van der Waals surface area contributed by atoms with Crippen LogP contribution in [0.3, 0.4) is 0 Å². The van der Waals surface area contributed by atoms with Crippen molar-refractivity contribution < 1.29 is 4.74 Å². The monoisotopic (exact) mass is 243 g/mol.